The first-order valence-electron chi connectivity index (χ1n) is 5.07. The van der Waals surface area contributed by atoms with Crippen molar-refractivity contribution in [2.75, 3.05) is 7.11 Å². The molecular weight excluding hydrogens is 234 g/mol. The first-order valence-corrected chi connectivity index (χ1v) is 5.89. The minimum absolute atomic E-state index is 0.330. The van der Waals surface area contributed by atoms with E-state index in [-0.39, 0.29) is 5.97 Å². The van der Waals surface area contributed by atoms with Gasteiger partial charge in [-0.3, -0.25) is 0 Å². The molecule has 0 aliphatic carbocycles. The fourth-order valence-electron chi connectivity index (χ4n) is 1.35. The third-order valence-corrected chi connectivity index (χ3v) is 3.17. The van der Waals surface area contributed by atoms with Gasteiger partial charge in [-0.25, -0.2) is 9.78 Å². The van der Waals surface area contributed by atoms with Crippen LogP contribution in [-0.2, 0) is 4.74 Å². The summed E-state index contributed by atoms with van der Waals surface area (Å²) >= 11 is 1.45. The quantitative estimate of drug-likeness (QED) is 0.779. The summed E-state index contributed by atoms with van der Waals surface area (Å²) in [5.74, 6) is -0.330. The number of nitrogens with zero attached hydrogens (tertiary/aromatic N) is 1. The van der Waals surface area contributed by atoms with Gasteiger partial charge in [0.1, 0.15) is 5.03 Å². The van der Waals surface area contributed by atoms with Crippen molar-refractivity contribution in [2.24, 2.45) is 0 Å². The Morgan fingerprint density at radius 3 is 2.65 bits per heavy atom. The molecule has 0 N–H and O–H groups in total. The zero-order valence-electron chi connectivity index (χ0n) is 9.29. The second kappa shape index (κ2) is 5.50. The molecule has 2 aromatic rings. The fourth-order valence-corrected chi connectivity index (χ4v) is 2.25. The number of methoxy groups -OCH3 is 1. The predicted molar refractivity (Wildman–Crippen MR) is 66.1 cm³/mol. The van der Waals surface area contributed by atoms with Crippen molar-refractivity contribution in [2.45, 2.75) is 9.92 Å². The van der Waals surface area contributed by atoms with Crippen LogP contribution in [0.2, 0.25) is 0 Å². The molecule has 3 nitrogen and oxygen atoms in total. The van der Waals surface area contributed by atoms with E-state index in [0.717, 1.165) is 9.92 Å². The summed E-state index contributed by atoms with van der Waals surface area (Å²) in [5.41, 5.74) is 0.561. The molecule has 0 unspecified atom stereocenters. The van der Waals surface area contributed by atoms with Gasteiger partial charge < -0.3 is 4.74 Å². The molecule has 0 aliphatic rings. The number of benzene rings is 1. The molecule has 1 aromatic carbocycles. The Morgan fingerprint density at radius 2 is 1.94 bits per heavy atom. The van der Waals surface area contributed by atoms with Crippen LogP contribution in [-0.4, -0.2) is 18.1 Å². The maximum absolute atomic E-state index is 11.6. The molecule has 0 radical (unpaired) electrons. The maximum Gasteiger partial charge on any atom is 0.339 e. The number of rotatable bonds is 3. The van der Waals surface area contributed by atoms with Crippen molar-refractivity contribution in [3.63, 3.8) is 0 Å². The minimum atomic E-state index is -0.330. The van der Waals surface area contributed by atoms with Crippen molar-refractivity contribution in [1.29, 1.82) is 0 Å². The van der Waals surface area contributed by atoms with Gasteiger partial charge in [0.05, 0.1) is 12.7 Å². The van der Waals surface area contributed by atoms with Gasteiger partial charge in [-0.05, 0) is 24.3 Å². The van der Waals surface area contributed by atoms with E-state index in [2.05, 4.69) is 4.98 Å². The Labute approximate surface area is 104 Å². The van der Waals surface area contributed by atoms with Gasteiger partial charge >= 0.3 is 5.97 Å². The van der Waals surface area contributed by atoms with Crippen LogP contribution in [0.3, 0.4) is 0 Å². The van der Waals surface area contributed by atoms with Crippen LogP contribution in [0.5, 0.6) is 0 Å². The predicted octanol–water partition coefficient (Wildman–Crippen LogP) is 3.02. The van der Waals surface area contributed by atoms with Crippen molar-refractivity contribution >= 4 is 17.7 Å². The SMILES string of the molecule is COC(=O)c1ccccc1Sc1ccccn1. The van der Waals surface area contributed by atoms with Crippen LogP contribution >= 0.6 is 11.8 Å². The molecule has 1 heterocycles. The van der Waals surface area contributed by atoms with E-state index in [9.17, 15) is 4.79 Å². The molecule has 0 aliphatic heterocycles. The number of pyridine rings is 1. The Balaban J connectivity index is 2.30. The number of ether oxygens (including phenoxy) is 1. The summed E-state index contributed by atoms with van der Waals surface area (Å²) < 4.78 is 4.74. The van der Waals surface area contributed by atoms with E-state index in [0.29, 0.717) is 5.56 Å². The lowest BCUT2D eigenvalue weighted by molar-refractivity contribution is 0.0597. The van der Waals surface area contributed by atoms with Gasteiger partial charge in [0.15, 0.2) is 0 Å². The first-order chi connectivity index (χ1) is 8.31. The number of carbonyl (C=O) groups is 1. The Morgan fingerprint density at radius 1 is 1.18 bits per heavy atom. The normalized spacial score (nSPS) is 9.94. The summed E-state index contributed by atoms with van der Waals surface area (Å²) in [5, 5.41) is 0.851. The zero-order valence-corrected chi connectivity index (χ0v) is 10.1. The molecule has 0 fully saturated rings. The van der Waals surface area contributed by atoms with Crippen molar-refractivity contribution in [3.8, 4) is 0 Å². The van der Waals surface area contributed by atoms with E-state index in [1.807, 2.05) is 36.4 Å². The van der Waals surface area contributed by atoms with Gasteiger partial charge in [-0.2, -0.15) is 0 Å². The Bertz CT molecular complexity index is 514. The van der Waals surface area contributed by atoms with Gasteiger partial charge in [-0.1, -0.05) is 30.0 Å². The van der Waals surface area contributed by atoms with Crippen molar-refractivity contribution in [3.05, 3.63) is 54.2 Å². The molecule has 0 saturated heterocycles. The topological polar surface area (TPSA) is 39.2 Å². The molecule has 0 amide bonds. The monoisotopic (exact) mass is 245 g/mol. The number of aromatic nitrogens is 1. The first kappa shape index (κ1) is 11.7. The molecule has 0 saturated carbocycles. The summed E-state index contributed by atoms with van der Waals surface area (Å²) in [6.45, 7) is 0. The van der Waals surface area contributed by atoms with E-state index >= 15 is 0 Å². The molecule has 4 heteroatoms. The second-order valence-corrected chi connectivity index (χ2v) is 4.32. The fraction of sp³-hybridized carbons (Fsp3) is 0.0769. The number of hydrogen-bond acceptors (Lipinski definition) is 4. The summed E-state index contributed by atoms with van der Waals surface area (Å²) in [4.78, 5) is 16.6. The number of esters is 1. The van der Waals surface area contributed by atoms with Gasteiger partial charge in [0.2, 0.25) is 0 Å². The van der Waals surface area contributed by atoms with Crippen LogP contribution in [0, 0.1) is 0 Å². The molecule has 0 bridgehead atoms. The highest BCUT2D eigenvalue weighted by molar-refractivity contribution is 7.99. The van der Waals surface area contributed by atoms with Crippen LogP contribution < -0.4 is 0 Å². The highest BCUT2D eigenvalue weighted by Crippen LogP contribution is 2.28. The van der Waals surface area contributed by atoms with Crippen LogP contribution in [0.25, 0.3) is 0 Å². The van der Waals surface area contributed by atoms with Crippen LogP contribution in [0.15, 0.2) is 58.6 Å². The maximum atomic E-state index is 11.6. The van der Waals surface area contributed by atoms with Crippen molar-refractivity contribution in [1.82, 2.24) is 4.98 Å². The Kier molecular flexibility index (Phi) is 3.77. The van der Waals surface area contributed by atoms with Gasteiger partial charge in [0.25, 0.3) is 0 Å². The van der Waals surface area contributed by atoms with Gasteiger partial charge in [-0.15, -0.1) is 0 Å². The molecule has 1 aromatic heterocycles. The van der Waals surface area contributed by atoms with E-state index in [4.69, 9.17) is 4.74 Å². The van der Waals surface area contributed by atoms with Crippen LogP contribution in [0.1, 0.15) is 10.4 Å². The second-order valence-electron chi connectivity index (χ2n) is 3.26. The largest absolute Gasteiger partial charge is 0.465 e. The smallest absolute Gasteiger partial charge is 0.339 e. The van der Waals surface area contributed by atoms with Gasteiger partial charge in [0, 0.05) is 11.1 Å². The highest BCUT2D eigenvalue weighted by atomic mass is 32.2. The standard InChI is InChI=1S/C13H11NO2S/c1-16-13(15)10-6-2-3-7-11(10)17-12-8-4-5-9-14-12/h2-9H,1H3. The molecule has 2 rings (SSSR count). The lowest BCUT2D eigenvalue weighted by Gasteiger charge is -2.06. The third kappa shape index (κ3) is 2.85. The number of hydrogen-bond donors (Lipinski definition) is 0. The lowest BCUT2D eigenvalue weighted by Crippen LogP contribution is -2.02. The average Bonchev–Trinajstić information content (AvgIpc) is 2.40. The summed E-state index contributed by atoms with van der Waals surface area (Å²) in [6, 6.07) is 13.0. The molecule has 86 valence electrons. The molecule has 17 heavy (non-hydrogen) atoms. The lowest BCUT2D eigenvalue weighted by atomic mass is 10.2. The van der Waals surface area contributed by atoms with E-state index in [1.165, 1.54) is 18.9 Å². The summed E-state index contributed by atoms with van der Waals surface area (Å²) in [7, 11) is 1.38. The van der Waals surface area contributed by atoms with Crippen LogP contribution in [0.4, 0.5) is 0 Å². The minimum Gasteiger partial charge on any atom is -0.465 e. The molecule has 0 spiro atoms. The van der Waals surface area contributed by atoms with E-state index in [1.54, 1.807) is 12.3 Å². The average molecular weight is 245 g/mol. The third-order valence-electron chi connectivity index (χ3n) is 2.14. The van der Waals surface area contributed by atoms with E-state index < -0.39 is 0 Å². The zero-order chi connectivity index (χ0) is 12.1. The summed E-state index contributed by atoms with van der Waals surface area (Å²) in [6.07, 6.45) is 1.73. The highest BCUT2D eigenvalue weighted by Gasteiger charge is 2.11. The van der Waals surface area contributed by atoms with Crippen molar-refractivity contribution < 1.29 is 9.53 Å². The molecule has 0 atom stereocenters. The molecular formula is C13H11NO2S. The number of carbonyl (C=O) groups excluding carboxylic acids is 1. The Hall–Kier alpha value is -1.81.